The monoisotopic (exact) mass is 250 g/mol. The van der Waals surface area contributed by atoms with E-state index in [0.717, 1.165) is 23.5 Å². The van der Waals surface area contributed by atoms with Crippen molar-refractivity contribution in [2.75, 3.05) is 11.5 Å². The summed E-state index contributed by atoms with van der Waals surface area (Å²) in [5.41, 5.74) is 2.22. The molecule has 0 aromatic heterocycles. The van der Waals surface area contributed by atoms with Crippen molar-refractivity contribution >= 4 is 17.7 Å². The van der Waals surface area contributed by atoms with Crippen molar-refractivity contribution in [1.82, 2.24) is 0 Å². The van der Waals surface area contributed by atoms with E-state index in [4.69, 9.17) is 4.74 Å². The van der Waals surface area contributed by atoms with Gasteiger partial charge in [-0.25, -0.2) is 0 Å². The highest BCUT2D eigenvalue weighted by Crippen LogP contribution is 2.24. The molecule has 17 heavy (non-hydrogen) atoms. The number of hydrogen-bond donors (Lipinski definition) is 0. The number of benzene rings is 1. The molecule has 0 N–H and O–H groups in total. The first-order valence-corrected chi connectivity index (χ1v) is 7.17. The molecule has 1 aromatic carbocycles. The Balaban J connectivity index is 1.98. The molecule has 92 valence electrons. The second-order valence-electron chi connectivity index (χ2n) is 4.56. The molecule has 2 rings (SSSR count). The summed E-state index contributed by atoms with van der Waals surface area (Å²) in [5.74, 6) is 1.80. The molecule has 1 fully saturated rings. The number of esters is 1. The van der Waals surface area contributed by atoms with Crippen LogP contribution in [-0.4, -0.2) is 23.6 Å². The molecule has 1 aliphatic rings. The van der Waals surface area contributed by atoms with Gasteiger partial charge in [-0.05, 0) is 31.6 Å². The first-order chi connectivity index (χ1) is 8.16. The van der Waals surface area contributed by atoms with E-state index in [9.17, 15) is 4.79 Å². The van der Waals surface area contributed by atoms with Crippen molar-refractivity contribution in [2.45, 2.75) is 32.3 Å². The van der Waals surface area contributed by atoms with E-state index < -0.39 is 0 Å². The first-order valence-electron chi connectivity index (χ1n) is 6.01. The van der Waals surface area contributed by atoms with E-state index in [1.165, 1.54) is 5.56 Å². The van der Waals surface area contributed by atoms with Gasteiger partial charge in [0.25, 0.3) is 0 Å². The average Bonchev–Trinajstić information content (AvgIpc) is 2.80. The standard InChI is InChI=1S/C14H18O2S/c1-10-4-3-5-12(8-10)11(2)14(15)16-13-6-7-17-9-13/h3-5,8,11,13H,6-7,9H2,1-2H3. The molecular weight excluding hydrogens is 232 g/mol. The summed E-state index contributed by atoms with van der Waals surface area (Å²) < 4.78 is 5.51. The quantitative estimate of drug-likeness (QED) is 0.771. The van der Waals surface area contributed by atoms with Crippen LogP contribution < -0.4 is 0 Å². The maximum absolute atomic E-state index is 12.0. The predicted octanol–water partition coefficient (Wildman–Crippen LogP) is 3.15. The van der Waals surface area contributed by atoms with Gasteiger partial charge in [0.1, 0.15) is 6.10 Å². The Morgan fingerprint density at radius 1 is 1.53 bits per heavy atom. The maximum Gasteiger partial charge on any atom is 0.313 e. The Bertz CT molecular complexity index is 397. The number of aryl methyl sites for hydroxylation is 1. The fourth-order valence-corrected chi connectivity index (χ4v) is 3.04. The lowest BCUT2D eigenvalue weighted by Gasteiger charge is -2.16. The molecule has 1 saturated heterocycles. The van der Waals surface area contributed by atoms with Gasteiger partial charge in [0.2, 0.25) is 0 Å². The topological polar surface area (TPSA) is 26.3 Å². The first kappa shape index (κ1) is 12.5. The second kappa shape index (κ2) is 5.58. The average molecular weight is 250 g/mol. The number of rotatable bonds is 3. The largest absolute Gasteiger partial charge is 0.461 e. The molecule has 0 spiro atoms. The minimum atomic E-state index is -0.166. The highest BCUT2D eigenvalue weighted by molar-refractivity contribution is 7.99. The van der Waals surface area contributed by atoms with Crippen LogP contribution in [0.4, 0.5) is 0 Å². The second-order valence-corrected chi connectivity index (χ2v) is 5.71. The van der Waals surface area contributed by atoms with Crippen LogP contribution in [0.15, 0.2) is 24.3 Å². The van der Waals surface area contributed by atoms with E-state index in [1.54, 1.807) is 0 Å². The van der Waals surface area contributed by atoms with Crippen molar-refractivity contribution in [3.05, 3.63) is 35.4 Å². The third-order valence-corrected chi connectivity index (χ3v) is 4.20. The predicted molar refractivity (Wildman–Crippen MR) is 71.4 cm³/mol. The molecule has 1 aromatic rings. The molecule has 0 bridgehead atoms. The van der Waals surface area contributed by atoms with E-state index in [0.29, 0.717) is 0 Å². The zero-order valence-corrected chi connectivity index (χ0v) is 11.1. The van der Waals surface area contributed by atoms with E-state index >= 15 is 0 Å². The van der Waals surface area contributed by atoms with Gasteiger partial charge in [-0.1, -0.05) is 29.8 Å². The number of carbonyl (C=O) groups is 1. The van der Waals surface area contributed by atoms with Crippen molar-refractivity contribution < 1.29 is 9.53 Å². The zero-order valence-electron chi connectivity index (χ0n) is 10.3. The van der Waals surface area contributed by atoms with E-state index in [-0.39, 0.29) is 18.0 Å². The van der Waals surface area contributed by atoms with Crippen LogP contribution in [0.25, 0.3) is 0 Å². The van der Waals surface area contributed by atoms with Crippen molar-refractivity contribution in [1.29, 1.82) is 0 Å². The molecule has 0 amide bonds. The van der Waals surface area contributed by atoms with Gasteiger partial charge in [-0.2, -0.15) is 11.8 Å². The lowest BCUT2D eigenvalue weighted by Crippen LogP contribution is -2.21. The molecule has 0 saturated carbocycles. The normalized spacial score (nSPS) is 21.2. The minimum Gasteiger partial charge on any atom is -0.461 e. The fraction of sp³-hybridized carbons (Fsp3) is 0.500. The van der Waals surface area contributed by atoms with Gasteiger partial charge in [0, 0.05) is 5.75 Å². The lowest BCUT2D eigenvalue weighted by atomic mass is 9.99. The van der Waals surface area contributed by atoms with Crippen molar-refractivity contribution in [2.24, 2.45) is 0 Å². The van der Waals surface area contributed by atoms with Crippen LogP contribution in [-0.2, 0) is 9.53 Å². The van der Waals surface area contributed by atoms with E-state index in [1.807, 2.05) is 43.8 Å². The van der Waals surface area contributed by atoms with Gasteiger partial charge in [-0.15, -0.1) is 0 Å². The van der Waals surface area contributed by atoms with Gasteiger partial charge in [-0.3, -0.25) is 4.79 Å². The van der Waals surface area contributed by atoms with E-state index in [2.05, 4.69) is 6.07 Å². The van der Waals surface area contributed by atoms with Crippen LogP contribution in [0.5, 0.6) is 0 Å². The Morgan fingerprint density at radius 2 is 2.35 bits per heavy atom. The molecule has 3 heteroatoms. The summed E-state index contributed by atoms with van der Waals surface area (Å²) in [6.45, 7) is 3.95. The summed E-state index contributed by atoms with van der Waals surface area (Å²) >= 11 is 1.86. The number of hydrogen-bond acceptors (Lipinski definition) is 3. The molecule has 0 aliphatic carbocycles. The van der Waals surface area contributed by atoms with Crippen LogP contribution in [0, 0.1) is 6.92 Å². The van der Waals surface area contributed by atoms with Crippen LogP contribution >= 0.6 is 11.8 Å². The molecular formula is C14H18O2S. The number of thioether (sulfide) groups is 1. The van der Waals surface area contributed by atoms with Gasteiger partial charge in [0.15, 0.2) is 0 Å². The highest BCUT2D eigenvalue weighted by Gasteiger charge is 2.23. The Morgan fingerprint density at radius 3 is 3.00 bits per heavy atom. The summed E-state index contributed by atoms with van der Waals surface area (Å²) in [4.78, 5) is 12.0. The smallest absolute Gasteiger partial charge is 0.313 e. The minimum absolute atomic E-state index is 0.0944. The summed E-state index contributed by atoms with van der Waals surface area (Å²) in [7, 11) is 0. The molecule has 1 aliphatic heterocycles. The third-order valence-electron chi connectivity index (χ3n) is 3.07. The van der Waals surface area contributed by atoms with Gasteiger partial charge < -0.3 is 4.74 Å². The molecule has 2 nitrogen and oxygen atoms in total. The maximum atomic E-state index is 12.0. The van der Waals surface area contributed by atoms with Crippen LogP contribution in [0.3, 0.4) is 0 Å². The Labute approximate surface area is 107 Å². The molecule has 1 heterocycles. The van der Waals surface area contributed by atoms with Crippen molar-refractivity contribution in [3.8, 4) is 0 Å². The summed E-state index contributed by atoms with van der Waals surface area (Å²) in [5, 5.41) is 0. The van der Waals surface area contributed by atoms with Gasteiger partial charge in [0.05, 0.1) is 5.92 Å². The summed E-state index contributed by atoms with van der Waals surface area (Å²) in [6, 6.07) is 8.06. The highest BCUT2D eigenvalue weighted by atomic mass is 32.2. The summed E-state index contributed by atoms with van der Waals surface area (Å²) in [6.07, 6.45) is 1.12. The third kappa shape index (κ3) is 3.25. The Kier molecular flexibility index (Phi) is 4.11. The molecule has 2 atom stereocenters. The lowest BCUT2D eigenvalue weighted by molar-refractivity contribution is -0.149. The fourth-order valence-electron chi connectivity index (χ4n) is 1.95. The van der Waals surface area contributed by atoms with Gasteiger partial charge >= 0.3 is 5.97 Å². The number of carbonyl (C=O) groups excluding carboxylic acids is 1. The molecule has 0 radical (unpaired) electrons. The van der Waals surface area contributed by atoms with Crippen LogP contribution in [0.1, 0.15) is 30.4 Å². The zero-order chi connectivity index (χ0) is 12.3. The van der Waals surface area contributed by atoms with Crippen LogP contribution in [0.2, 0.25) is 0 Å². The molecule has 2 unspecified atom stereocenters. The Hall–Kier alpha value is -0.960. The van der Waals surface area contributed by atoms with Crippen molar-refractivity contribution in [3.63, 3.8) is 0 Å². The number of ether oxygens (including phenoxy) is 1. The SMILES string of the molecule is Cc1cccc(C(C)C(=O)OC2CCSC2)c1.